The van der Waals surface area contributed by atoms with Gasteiger partial charge in [-0.05, 0) is 72.6 Å². The second kappa shape index (κ2) is 8.96. The third kappa shape index (κ3) is 5.06. The molecule has 0 radical (unpaired) electrons. The highest BCUT2D eigenvalue weighted by Crippen LogP contribution is 2.25. The molecule has 1 aliphatic rings. The minimum atomic E-state index is -0.228. The van der Waals surface area contributed by atoms with Gasteiger partial charge in [0.15, 0.2) is 5.11 Å². The van der Waals surface area contributed by atoms with Crippen LogP contribution in [0.15, 0.2) is 67.1 Å². The maximum absolute atomic E-state index is 13.2. The lowest BCUT2D eigenvalue weighted by Gasteiger charge is -2.33. The largest absolute Gasteiger partial charge is 0.360 e. The maximum Gasteiger partial charge on any atom is 0.171 e. The van der Waals surface area contributed by atoms with Gasteiger partial charge in [-0.1, -0.05) is 12.1 Å². The fourth-order valence-corrected chi connectivity index (χ4v) is 3.74. The normalized spacial score (nSPS) is 14.4. The zero-order valence-corrected chi connectivity index (χ0v) is 16.7. The lowest BCUT2D eigenvalue weighted by atomic mass is 10.0. The Hall–Kier alpha value is -3.06. The third-order valence-corrected chi connectivity index (χ3v) is 5.22. The van der Waals surface area contributed by atoms with Crippen molar-refractivity contribution < 1.29 is 4.39 Å². The van der Waals surface area contributed by atoms with Crippen molar-refractivity contribution in [3.05, 3.63) is 72.9 Å². The summed E-state index contributed by atoms with van der Waals surface area (Å²) < 4.78 is 13.2. The van der Waals surface area contributed by atoms with Crippen molar-refractivity contribution in [3.63, 3.8) is 0 Å². The summed E-state index contributed by atoms with van der Waals surface area (Å²) in [6.45, 7) is 1.79. The molecule has 29 heavy (non-hydrogen) atoms. The molecule has 1 fully saturated rings. The van der Waals surface area contributed by atoms with E-state index >= 15 is 0 Å². The molecule has 0 saturated carbocycles. The molecule has 7 heteroatoms. The molecular formula is C22H22FN5S. The SMILES string of the molecule is Fc1ccc(-c2ccnc(N3CCC(NC(=S)Nc4cccnc4)CC3)c2)cc1. The second-order valence-corrected chi connectivity index (χ2v) is 7.42. The summed E-state index contributed by atoms with van der Waals surface area (Å²) in [5, 5.41) is 7.18. The fourth-order valence-electron chi connectivity index (χ4n) is 3.46. The molecule has 0 spiro atoms. The smallest absolute Gasteiger partial charge is 0.171 e. The summed E-state index contributed by atoms with van der Waals surface area (Å²) in [6, 6.07) is 14.7. The van der Waals surface area contributed by atoms with Gasteiger partial charge in [0.05, 0.1) is 11.9 Å². The number of aromatic nitrogens is 2. The molecule has 0 bridgehead atoms. The molecular weight excluding hydrogens is 385 g/mol. The van der Waals surface area contributed by atoms with Gasteiger partial charge < -0.3 is 15.5 Å². The van der Waals surface area contributed by atoms with Crippen molar-refractivity contribution in [1.29, 1.82) is 0 Å². The van der Waals surface area contributed by atoms with E-state index in [1.807, 2.05) is 24.4 Å². The molecule has 4 rings (SSSR count). The van der Waals surface area contributed by atoms with Gasteiger partial charge >= 0.3 is 0 Å². The van der Waals surface area contributed by atoms with E-state index < -0.39 is 0 Å². The highest BCUT2D eigenvalue weighted by atomic mass is 32.1. The van der Waals surface area contributed by atoms with Crippen LogP contribution in [0.5, 0.6) is 0 Å². The second-order valence-electron chi connectivity index (χ2n) is 7.01. The van der Waals surface area contributed by atoms with Gasteiger partial charge in [0, 0.05) is 31.5 Å². The van der Waals surface area contributed by atoms with E-state index in [-0.39, 0.29) is 5.82 Å². The van der Waals surface area contributed by atoms with Crippen molar-refractivity contribution in [2.75, 3.05) is 23.3 Å². The number of hydrogen-bond acceptors (Lipinski definition) is 4. The van der Waals surface area contributed by atoms with E-state index in [1.165, 1.54) is 12.1 Å². The number of nitrogens with zero attached hydrogens (tertiary/aromatic N) is 3. The first-order valence-corrected chi connectivity index (χ1v) is 10.0. The highest BCUT2D eigenvalue weighted by molar-refractivity contribution is 7.80. The first-order valence-electron chi connectivity index (χ1n) is 9.62. The quantitative estimate of drug-likeness (QED) is 0.631. The molecule has 2 N–H and O–H groups in total. The number of hydrogen-bond donors (Lipinski definition) is 2. The summed E-state index contributed by atoms with van der Waals surface area (Å²) in [4.78, 5) is 10.9. The van der Waals surface area contributed by atoms with Crippen LogP contribution in [-0.2, 0) is 0 Å². The van der Waals surface area contributed by atoms with Crippen LogP contribution in [0.1, 0.15) is 12.8 Å². The van der Waals surface area contributed by atoms with E-state index in [2.05, 4.69) is 31.6 Å². The van der Waals surface area contributed by atoms with E-state index in [0.29, 0.717) is 11.2 Å². The highest BCUT2D eigenvalue weighted by Gasteiger charge is 2.21. The molecule has 0 unspecified atom stereocenters. The van der Waals surface area contributed by atoms with Crippen LogP contribution in [-0.4, -0.2) is 34.2 Å². The average molecular weight is 408 g/mol. The van der Waals surface area contributed by atoms with Crippen LogP contribution < -0.4 is 15.5 Å². The first kappa shape index (κ1) is 19.3. The van der Waals surface area contributed by atoms with Crippen molar-refractivity contribution in [3.8, 4) is 11.1 Å². The first-order chi connectivity index (χ1) is 14.2. The Labute approximate surface area is 175 Å². The number of piperidine rings is 1. The van der Waals surface area contributed by atoms with Crippen LogP contribution in [0.3, 0.4) is 0 Å². The molecule has 0 atom stereocenters. The molecule has 0 aliphatic carbocycles. The predicted octanol–water partition coefficient (Wildman–Crippen LogP) is 4.24. The Morgan fingerprint density at radius 1 is 1.03 bits per heavy atom. The number of anilines is 2. The van der Waals surface area contributed by atoms with E-state index in [1.54, 1.807) is 24.5 Å². The molecule has 1 aliphatic heterocycles. The number of benzene rings is 1. The van der Waals surface area contributed by atoms with Gasteiger partial charge in [0.25, 0.3) is 0 Å². The van der Waals surface area contributed by atoms with Crippen LogP contribution in [0.4, 0.5) is 15.9 Å². The van der Waals surface area contributed by atoms with Crippen LogP contribution in [0.25, 0.3) is 11.1 Å². The number of rotatable bonds is 4. The Morgan fingerprint density at radius 2 is 1.83 bits per heavy atom. The van der Waals surface area contributed by atoms with Gasteiger partial charge in [-0.2, -0.15) is 0 Å². The number of pyridine rings is 2. The van der Waals surface area contributed by atoms with E-state index in [0.717, 1.165) is 48.6 Å². The van der Waals surface area contributed by atoms with Gasteiger partial charge in [0.2, 0.25) is 0 Å². The zero-order chi connectivity index (χ0) is 20.1. The minimum Gasteiger partial charge on any atom is -0.360 e. The van der Waals surface area contributed by atoms with E-state index in [9.17, 15) is 4.39 Å². The summed E-state index contributed by atoms with van der Waals surface area (Å²) >= 11 is 5.42. The van der Waals surface area contributed by atoms with Crippen molar-refractivity contribution in [1.82, 2.24) is 15.3 Å². The predicted molar refractivity (Wildman–Crippen MR) is 118 cm³/mol. The van der Waals surface area contributed by atoms with Crippen LogP contribution in [0, 0.1) is 5.82 Å². The number of halogens is 1. The lowest BCUT2D eigenvalue weighted by Crippen LogP contribution is -2.46. The summed E-state index contributed by atoms with van der Waals surface area (Å²) in [5.74, 6) is 0.717. The molecule has 5 nitrogen and oxygen atoms in total. The topological polar surface area (TPSA) is 53.1 Å². The standard InChI is InChI=1S/C22H22FN5S/c23-18-5-3-16(4-6-18)17-7-11-25-21(14-17)28-12-8-19(9-13-28)26-22(29)27-20-2-1-10-24-15-20/h1-7,10-11,14-15,19H,8-9,12-13H2,(H2,26,27,29). The molecule has 2 aromatic heterocycles. The van der Waals surface area contributed by atoms with Gasteiger partial charge in [0.1, 0.15) is 11.6 Å². The van der Waals surface area contributed by atoms with Crippen LogP contribution in [0.2, 0.25) is 0 Å². The third-order valence-electron chi connectivity index (χ3n) is 5.00. The fraction of sp³-hybridized carbons (Fsp3) is 0.227. The zero-order valence-electron chi connectivity index (χ0n) is 15.9. The monoisotopic (exact) mass is 407 g/mol. The van der Waals surface area contributed by atoms with Crippen molar-refractivity contribution in [2.45, 2.75) is 18.9 Å². The summed E-state index contributed by atoms with van der Waals surface area (Å²) in [6.07, 6.45) is 7.23. The molecule has 1 aromatic carbocycles. The van der Waals surface area contributed by atoms with Gasteiger partial charge in [-0.15, -0.1) is 0 Å². The molecule has 3 heterocycles. The average Bonchev–Trinajstić information content (AvgIpc) is 2.75. The van der Waals surface area contributed by atoms with Crippen LogP contribution >= 0.6 is 12.2 Å². The Kier molecular flexibility index (Phi) is 5.95. The van der Waals surface area contributed by atoms with Crippen molar-refractivity contribution >= 4 is 28.8 Å². The Morgan fingerprint density at radius 3 is 2.55 bits per heavy atom. The number of nitrogens with one attached hydrogen (secondary N) is 2. The maximum atomic E-state index is 13.2. The van der Waals surface area contributed by atoms with Gasteiger partial charge in [-0.25, -0.2) is 9.37 Å². The molecule has 0 amide bonds. The summed E-state index contributed by atoms with van der Waals surface area (Å²) in [7, 11) is 0. The van der Waals surface area contributed by atoms with E-state index in [4.69, 9.17) is 12.2 Å². The molecule has 148 valence electrons. The van der Waals surface area contributed by atoms with Crippen molar-refractivity contribution in [2.24, 2.45) is 0 Å². The lowest BCUT2D eigenvalue weighted by molar-refractivity contribution is 0.466. The van der Waals surface area contributed by atoms with Gasteiger partial charge in [-0.3, -0.25) is 4.98 Å². The molecule has 3 aromatic rings. The Bertz CT molecular complexity index is 956. The number of thiocarbonyl (C=S) groups is 1. The minimum absolute atomic E-state index is 0.228. The summed E-state index contributed by atoms with van der Waals surface area (Å²) in [5.41, 5.74) is 2.90. The Balaban J connectivity index is 1.33. The molecule has 1 saturated heterocycles.